The quantitative estimate of drug-likeness (QED) is 0.633. The molecule has 1 heterocycles. The Morgan fingerprint density at radius 3 is 2.81 bits per heavy atom. The van der Waals surface area contributed by atoms with Crippen LogP contribution in [0.2, 0.25) is 0 Å². The van der Waals surface area contributed by atoms with Gasteiger partial charge in [0.25, 0.3) is 0 Å². The number of hydrogen-bond donors (Lipinski definition) is 2. The molecule has 1 amide bonds. The molecule has 0 aliphatic rings. The number of tetrazole rings is 1. The topological polar surface area (TPSA) is 98.7 Å². The van der Waals surface area contributed by atoms with Gasteiger partial charge in [0.1, 0.15) is 5.54 Å². The van der Waals surface area contributed by atoms with Crippen molar-refractivity contribution >= 4 is 17.7 Å². The Labute approximate surface area is 98.1 Å². The molecule has 0 aromatic carbocycles. The average Bonchev–Trinajstić information content (AvgIpc) is 2.61. The van der Waals surface area contributed by atoms with Crippen LogP contribution in [0.25, 0.3) is 0 Å². The van der Waals surface area contributed by atoms with Crippen LogP contribution in [-0.2, 0) is 11.8 Å². The highest BCUT2D eigenvalue weighted by Crippen LogP contribution is 2.19. The zero-order valence-electron chi connectivity index (χ0n) is 9.60. The number of aryl methyl sites for hydroxylation is 1. The number of amides is 1. The highest BCUT2D eigenvalue weighted by molar-refractivity contribution is 7.99. The number of thioether (sulfide) groups is 1. The molecule has 1 atom stereocenters. The molecule has 1 rings (SSSR count). The Bertz CT molecular complexity index is 367. The Kier molecular flexibility index (Phi) is 4.25. The molecular formula is C8H16N6OS. The van der Waals surface area contributed by atoms with E-state index >= 15 is 0 Å². The summed E-state index contributed by atoms with van der Waals surface area (Å²) in [5.41, 5.74) is 4.62. The smallest absolute Gasteiger partial charge is 0.238 e. The van der Waals surface area contributed by atoms with E-state index in [9.17, 15) is 4.79 Å². The van der Waals surface area contributed by atoms with Gasteiger partial charge in [0.2, 0.25) is 11.1 Å². The molecule has 0 bridgehead atoms. The fourth-order valence-electron chi connectivity index (χ4n) is 1.15. The summed E-state index contributed by atoms with van der Waals surface area (Å²) in [7, 11) is 1.75. The van der Waals surface area contributed by atoms with Crippen molar-refractivity contribution in [2.75, 3.05) is 12.3 Å². The van der Waals surface area contributed by atoms with Crippen molar-refractivity contribution in [1.82, 2.24) is 25.5 Å². The number of nitrogens with zero attached hydrogens (tertiary/aromatic N) is 4. The maximum Gasteiger partial charge on any atom is 0.238 e. The molecule has 0 aliphatic carbocycles. The summed E-state index contributed by atoms with van der Waals surface area (Å²) >= 11 is 1.39. The van der Waals surface area contributed by atoms with Gasteiger partial charge in [-0.25, -0.2) is 4.68 Å². The van der Waals surface area contributed by atoms with Gasteiger partial charge in [-0.1, -0.05) is 18.7 Å². The maximum absolute atomic E-state index is 11.3. The van der Waals surface area contributed by atoms with E-state index in [1.54, 1.807) is 18.7 Å². The van der Waals surface area contributed by atoms with E-state index < -0.39 is 5.54 Å². The predicted octanol–water partition coefficient (Wildman–Crippen LogP) is -0.844. The van der Waals surface area contributed by atoms with Crippen LogP contribution in [0, 0.1) is 0 Å². The van der Waals surface area contributed by atoms with Crippen LogP contribution in [0.1, 0.15) is 13.8 Å². The van der Waals surface area contributed by atoms with Crippen LogP contribution in [0.5, 0.6) is 0 Å². The summed E-state index contributed by atoms with van der Waals surface area (Å²) in [5.74, 6) is 0.113. The van der Waals surface area contributed by atoms with Gasteiger partial charge in [-0.15, -0.1) is 5.10 Å². The van der Waals surface area contributed by atoms with Crippen molar-refractivity contribution in [2.24, 2.45) is 12.8 Å². The van der Waals surface area contributed by atoms with E-state index in [0.717, 1.165) is 0 Å². The lowest BCUT2D eigenvalue weighted by Crippen LogP contribution is -2.55. The SMILES string of the molecule is CCNC(C)(CSc1nnnn1C)C(N)=O. The molecule has 1 aromatic heterocycles. The van der Waals surface area contributed by atoms with Crippen molar-refractivity contribution in [3.05, 3.63) is 0 Å². The minimum Gasteiger partial charge on any atom is -0.368 e. The van der Waals surface area contributed by atoms with Gasteiger partial charge in [0, 0.05) is 12.8 Å². The maximum atomic E-state index is 11.3. The molecule has 1 aromatic rings. The summed E-state index contributed by atoms with van der Waals surface area (Å²) in [6, 6.07) is 0. The van der Waals surface area contributed by atoms with Crippen LogP contribution < -0.4 is 11.1 Å². The van der Waals surface area contributed by atoms with E-state index in [0.29, 0.717) is 17.5 Å². The number of nitrogens with one attached hydrogen (secondary N) is 1. The third-order valence-electron chi connectivity index (χ3n) is 2.18. The molecule has 0 spiro atoms. The molecule has 16 heavy (non-hydrogen) atoms. The highest BCUT2D eigenvalue weighted by atomic mass is 32.2. The third kappa shape index (κ3) is 2.92. The summed E-state index contributed by atoms with van der Waals surface area (Å²) in [5, 5.41) is 14.8. The number of hydrogen-bond acceptors (Lipinski definition) is 6. The molecule has 0 aliphatic heterocycles. The Hall–Kier alpha value is -1.15. The first-order valence-electron chi connectivity index (χ1n) is 4.89. The number of likely N-dealkylation sites (N-methyl/N-ethyl adjacent to an activating group) is 1. The van der Waals surface area contributed by atoms with Gasteiger partial charge < -0.3 is 11.1 Å². The Morgan fingerprint density at radius 1 is 1.69 bits per heavy atom. The van der Waals surface area contributed by atoms with Gasteiger partial charge in [-0.05, 0) is 23.9 Å². The fourth-order valence-corrected chi connectivity index (χ4v) is 2.13. The van der Waals surface area contributed by atoms with E-state index in [4.69, 9.17) is 5.73 Å². The monoisotopic (exact) mass is 244 g/mol. The third-order valence-corrected chi connectivity index (χ3v) is 3.51. The molecule has 8 heteroatoms. The number of nitrogens with two attached hydrogens (primary N) is 1. The van der Waals surface area contributed by atoms with Crippen LogP contribution in [-0.4, -0.2) is 44.0 Å². The predicted molar refractivity (Wildman–Crippen MR) is 60.8 cm³/mol. The highest BCUT2D eigenvalue weighted by Gasteiger charge is 2.30. The van der Waals surface area contributed by atoms with Crippen molar-refractivity contribution in [3.63, 3.8) is 0 Å². The lowest BCUT2D eigenvalue weighted by atomic mass is 10.1. The molecule has 90 valence electrons. The number of primary amides is 1. The van der Waals surface area contributed by atoms with Gasteiger partial charge >= 0.3 is 0 Å². The zero-order valence-corrected chi connectivity index (χ0v) is 10.4. The lowest BCUT2D eigenvalue weighted by molar-refractivity contribution is -0.122. The van der Waals surface area contributed by atoms with E-state index in [-0.39, 0.29) is 5.91 Å². The first-order chi connectivity index (χ1) is 7.49. The van der Waals surface area contributed by atoms with Gasteiger partial charge in [0.15, 0.2) is 0 Å². The summed E-state index contributed by atoms with van der Waals surface area (Å²) in [4.78, 5) is 11.3. The Morgan fingerprint density at radius 2 is 2.38 bits per heavy atom. The van der Waals surface area contributed by atoms with Crippen molar-refractivity contribution in [2.45, 2.75) is 24.5 Å². The summed E-state index contributed by atoms with van der Waals surface area (Å²) < 4.78 is 1.55. The van der Waals surface area contributed by atoms with Crippen LogP contribution in [0.15, 0.2) is 5.16 Å². The van der Waals surface area contributed by atoms with Gasteiger partial charge in [0.05, 0.1) is 0 Å². The molecule has 1 unspecified atom stereocenters. The number of carbonyl (C=O) groups excluding carboxylic acids is 1. The minimum atomic E-state index is -0.745. The standard InChI is InChI=1S/C8H16N6OS/c1-4-10-8(2,6(9)15)5-16-7-11-12-13-14(7)3/h10H,4-5H2,1-3H3,(H2,9,15). The summed E-state index contributed by atoms with van der Waals surface area (Å²) in [6.45, 7) is 4.38. The lowest BCUT2D eigenvalue weighted by Gasteiger charge is -2.25. The molecule has 3 N–H and O–H groups in total. The largest absolute Gasteiger partial charge is 0.368 e. The first-order valence-corrected chi connectivity index (χ1v) is 5.88. The van der Waals surface area contributed by atoms with Crippen molar-refractivity contribution < 1.29 is 4.79 Å². The Balaban J connectivity index is 2.64. The molecule has 0 radical (unpaired) electrons. The second-order valence-electron chi connectivity index (χ2n) is 3.60. The van der Waals surface area contributed by atoms with Crippen LogP contribution in [0.3, 0.4) is 0 Å². The van der Waals surface area contributed by atoms with E-state index in [1.165, 1.54) is 11.8 Å². The second-order valence-corrected chi connectivity index (χ2v) is 4.54. The van der Waals surface area contributed by atoms with Gasteiger partial charge in [-0.3, -0.25) is 4.79 Å². The molecule has 0 fully saturated rings. The molecule has 0 saturated heterocycles. The van der Waals surface area contributed by atoms with Crippen LogP contribution in [0.4, 0.5) is 0 Å². The normalized spacial score (nSPS) is 14.7. The number of carbonyl (C=O) groups is 1. The molecule has 7 nitrogen and oxygen atoms in total. The van der Waals surface area contributed by atoms with E-state index in [2.05, 4.69) is 20.8 Å². The minimum absolute atomic E-state index is 0.378. The number of rotatable bonds is 6. The van der Waals surface area contributed by atoms with Gasteiger partial charge in [-0.2, -0.15) is 0 Å². The zero-order chi connectivity index (χ0) is 12.2. The molecular weight excluding hydrogens is 228 g/mol. The van der Waals surface area contributed by atoms with Crippen molar-refractivity contribution in [3.8, 4) is 0 Å². The summed E-state index contributed by atoms with van der Waals surface area (Å²) in [6.07, 6.45) is 0. The second kappa shape index (κ2) is 5.26. The number of aromatic nitrogens is 4. The van der Waals surface area contributed by atoms with Crippen LogP contribution >= 0.6 is 11.8 Å². The first kappa shape index (κ1) is 12.9. The fraction of sp³-hybridized carbons (Fsp3) is 0.750. The molecule has 0 saturated carbocycles. The van der Waals surface area contributed by atoms with Crippen molar-refractivity contribution in [1.29, 1.82) is 0 Å². The van der Waals surface area contributed by atoms with E-state index in [1.807, 2.05) is 6.92 Å². The average molecular weight is 244 g/mol.